The van der Waals surface area contributed by atoms with Crippen LogP contribution in [0.3, 0.4) is 0 Å². The van der Waals surface area contributed by atoms with Crippen LogP contribution in [0, 0.1) is 7.43 Å². The van der Waals surface area contributed by atoms with Crippen LogP contribution in [0.15, 0.2) is 48.5 Å². The Morgan fingerprint density at radius 2 is 1.20 bits per heavy atom. The fourth-order valence-corrected chi connectivity index (χ4v) is 5.61. The molecule has 0 aromatic heterocycles. The second-order valence-corrected chi connectivity index (χ2v) is 15.3. The number of carbonyl (C=O) groups excluding carboxylic acids is 3. The Kier molecular flexibility index (Phi) is 23.5. The third kappa shape index (κ3) is 19.9. The van der Waals surface area contributed by atoms with Crippen molar-refractivity contribution in [2.45, 2.75) is 117 Å². The van der Waals surface area contributed by atoms with Gasteiger partial charge in [-0.15, -0.1) is 0 Å². The summed E-state index contributed by atoms with van der Waals surface area (Å²) in [5.41, 5.74) is 0.144. The summed E-state index contributed by atoms with van der Waals surface area (Å²) in [5, 5.41) is 11.7. The van der Waals surface area contributed by atoms with Gasteiger partial charge >= 0.3 is 35.2 Å². The molecule has 2 aromatic rings. The molecular formula is C38H57BrCl2MgN2O7. The van der Waals surface area contributed by atoms with Crippen molar-refractivity contribution in [2.75, 3.05) is 26.3 Å². The minimum Gasteiger partial charge on any atom is -1.00 e. The first kappa shape index (κ1) is 51.5. The van der Waals surface area contributed by atoms with Crippen molar-refractivity contribution >= 4 is 64.2 Å². The zero-order valence-corrected chi connectivity index (χ0v) is 36.6. The Balaban J connectivity index is 0. The fourth-order valence-electron chi connectivity index (χ4n) is 5.36. The maximum Gasteiger partial charge on any atom is 2.00 e. The normalized spacial score (nSPS) is 19.6. The molecule has 3 atom stereocenters. The number of amides is 2. The van der Waals surface area contributed by atoms with Gasteiger partial charge in [0.25, 0.3) is 0 Å². The minimum atomic E-state index is -0.881. The Hall–Kier alpha value is -1.60. The number of ketones is 1. The van der Waals surface area contributed by atoms with Gasteiger partial charge in [-0.1, -0.05) is 47.5 Å². The van der Waals surface area contributed by atoms with E-state index in [1.165, 1.54) is 4.90 Å². The van der Waals surface area contributed by atoms with Crippen molar-refractivity contribution in [3.8, 4) is 0 Å². The summed E-state index contributed by atoms with van der Waals surface area (Å²) in [6.45, 7) is 18.8. The van der Waals surface area contributed by atoms with E-state index in [4.69, 9.17) is 37.4 Å². The number of hydrogen-bond donors (Lipinski definition) is 1. The van der Waals surface area contributed by atoms with Gasteiger partial charge < -0.3 is 48.6 Å². The average Bonchev–Trinajstić information content (AvgIpc) is 3.48. The molecule has 13 heteroatoms. The molecule has 2 saturated heterocycles. The third-order valence-electron chi connectivity index (χ3n) is 7.31. The molecule has 0 bridgehead atoms. The third-order valence-corrected chi connectivity index (χ3v) is 7.82. The zero-order chi connectivity index (χ0) is 36.3. The van der Waals surface area contributed by atoms with Gasteiger partial charge in [0.2, 0.25) is 0 Å². The fraction of sp³-hybridized carbons (Fsp3) is 0.579. The molecule has 2 fully saturated rings. The first-order chi connectivity index (χ1) is 22.2. The van der Waals surface area contributed by atoms with Crippen molar-refractivity contribution in [1.29, 1.82) is 0 Å². The van der Waals surface area contributed by atoms with E-state index in [2.05, 4.69) is 0 Å². The van der Waals surface area contributed by atoms with E-state index in [1.807, 2.05) is 104 Å². The number of ether oxygens (including phenoxy) is 3. The number of halogens is 3. The van der Waals surface area contributed by atoms with Crippen molar-refractivity contribution < 1.29 is 50.7 Å². The molecule has 2 aliphatic rings. The van der Waals surface area contributed by atoms with E-state index in [1.54, 1.807) is 11.8 Å². The Bertz CT molecular complexity index is 1330. The van der Waals surface area contributed by atoms with Crippen molar-refractivity contribution in [2.24, 2.45) is 0 Å². The summed E-state index contributed by atoms with van der Waals surface area (Å²) in [5.74, 6) is 0.0693. The second-order valence-electron chi connectivity index (χ2n) is 14.4. The van der Waals surface area contributed by atoms with Gasteiger partial charge in [-0.05, 0) is 117 Å². The number of carbonyl (C=O) groups is 3. The van der Waals surface area contributed by atoms with Gasteiger partial charge in [0.1, 0.15) is 11.2 Å². The van der Waals surface area contributed by atoms with E-state index < -0.39 is 22.9 Å². The largest absolute Gasteiger partial charge is 2.00 e. The molecule has 4 rings (SSSR count). The monoisotopic (exact) mass is 826 g/mol. The van der Waals surface area contributed by atoms with Crippen LogP contribution in [0.25, 0.3) is 0 Å². The van der Waals surface area contributed by atoms with Crippen LogP contribution in [-0.4, -0.2) is 111 Å². The Labute approximate surface area is 343 Å². The molecular weight excluding hydrogens is 772 g/mol. The van der Waals surface area contributed by atoms with E-state index in [0.717, 1.165) is 24.3 Å². The summed E-state index contributed by atoms with van der Waals surface area (Å²) in [6.07, 6.45) is 1.42. The number of Topliss-reactive ketones (excluding diaryl/α,β-unsaturated/α-hetero) is 1. The Morgan fingerprint density at radius 1 is 0.804 bits per heavy atom. The number of hydrogen-bond acceptors (Lipinski definition) is 7. The van der Waals surface area contributed by atoms with Gasteiger partial charge in [0.05, 0.1) is 18.7 Å². The summed E-state index contributed by atoms with van der Waals surface area (Å²) < 4.78 is 15.7. The van der Waals surface area contributed by atoms with Crippen LogP contribution in [0.2, 0.25) is 10.0 Å². The molecule has 1 unspecified atom stereocenters. The Morgan fingerprint density at radius 3 is 1.57 bits per heavy atom. The SMILES string of the molecule is CC(C)(C)OC(=O)N1CC(=O)C[C@@H]1Cc1ccc(Cl)cc1.CC1(O)C[C@H](Cc2ccc(Cl)cc2)N(C(=O)OC(C)(C)C)C1.CCOCC.[Br-].[CH3-].[Mg+2]. The number of β-amino-alcohol motifs (C(OH)–C–C–N with tert-alkyl or cyclic N) is 1. The summed E-state index contributed by atoms with van der Waals surface area (Å²) in [7, 11) is 0. The predicted octanol–water partition coefficient (Wildman–Crippen LogP) is 5.22. The number of nitrogens with zero attached hydrogens (tertiary/aromatic N) is 2. The second kappa shape index (κ2) is 23.2. The van der Waals surface area contributed by atoms with E-state index >= 15 is 0 Å². The zero-order valence-electron chi connectivity index (χ0n) is 32.1. The molecule has 51 heavy (non-hydrogen) atoms. The number of likely N-dealkylation sites (tertiary alicyclic amines) is 2. The molecule has 9 nitrogen and oxygen atoms in total. The maximum absolute atomic E-state index is 12.4. The molecule has 2 amide bonds. The first-order valence-electron chi connectivity index (χ1n) is 16.5. The molecule has 2 heterocycles. The topological polar surface area (TPSA) is 106 Å². The molecule has 2 aliphatic heterocycles. The van der Waals surface area contributed by atoms with Crippen LogP contribution in [0.1, 0.15) is 86.3 Å². The summed E-state index contributed by atoms with van der Waals surface area (Å²) in [4.78, 5) is 39.4. The number of aliphatic hydroxyl groups is 1. The van der Waals surface area contributed by atoms with Crippen LogP contribution >= 0.6 is 23.2 Å². The molecule has 0 saturated carbocycles. The molecule has 284 valence electrons. The number of benzene rings is 2. The smallest absolute Gasteiger partial charge is 1.00 e. The first-order valence-corrected chi connectivity index (χ1v) is 17.3. The van der Waals surface area contributed by atoms with Crippen LogP contribution in [0.4, 0.5) is 9.59 Å². The van der Waals surface area contributed by atoms with E-state index in [-0.39, 0.29) is 78.0 Å². The van der Waals surface area contributed by atoms with Crippen LogP contribution in [-0.2, 0) is 31.8 Å². The van der Waals surface area contributed by atoms with Crippen LogP contribution in [0.5, 0.6) is 0 Å². The standard InChI is InChI=1S/C17H24ClNO3.C16H20ClNO3.C4H10O.CH3.BrH.Mg/c1-16(2,3)22-15(20)19-11-17(4,21)10-14(19)9-12-5-7-13(18)8-6-12;1-16(2,3)21-15(20)18-10-14(19)9-13(18)8-11-4-6-12(17)7-5-11;1-3-5-4-2;;;/h5-8,14,21H,9-11H2,1-4H3;4-7,13H,8-10H2,1-3H3;3-4H2,1-2H3;1H3;1H;/q;;;-1;;+2/p-1/t14-,17?;13-;;;;/m00..../s1. The maximum atomic E-state index is 12.4. The summed E-state index contributed by atoms with van der Waals surface area (Å²) >= 11 is 11.8. The quantitative estimate of drug-likeness (QED) is 0.315. The van der Waals surface area contributed by atoms with Gasteiger partial charge in [0, 0.05) is 41.8 Å². The van der Waals surface area contributed by atoms with E-state index in [0.29, 0.717) is 42.3 Å². The molecule has 0 aliphatic carbocycles. The van der Waals surface area contributed by atoms with Gasteiger partial charge in [0.15, 0.2) is 5.78 Å². The molecule has 1 N–H and O–H groups in total. The molecule has 0 radical (unpaired) electrons. The molecule has 2 aromatic carbocycles. The predicted molar refractivity (Wildman–Crippen MR) is 203 cm³/mol. The average molecular weight is 829 g/mol. The van der Waals surface area contributed by atoms with Crippen molar-refractivity contribution in [3.05, 3.63) is 77.1 Å². The van der Waals surface area contributed by atoms with E-state index in [9.17, 15) is 19.5 Å². The van der Waals surface area contributed by atoms with Gasteiger partial charge in [-0.25, -0.2) is 9.59 Å². The summed E-state index contributed by atoms with van der Waals surface area (Å²) in [6, 6.07) is 14.8. The van der Waals surface area contributed by atoms with Gasteiger partial charge in [-0.3, -0.25) is 9.69 Å². The number of rotatable bonds is 6. The molecule has 0 spiro atoms. The van der Waals surface area contributed by atoms with Crippen molar-refractivity contribution in [1.82, 2.24) is 9.80 Å². The van der Waals surface area contributed by atoms with Crippen LogP contribution < -0.4 is 17.0 Å². The van der Waals surface area contributed by atoms with Gasteiger partial charge in [-0.2, -0.15) is 0 Å². The minimum absolute atomic E-state index is 0. The van der Waals surface area contributed by atoms with Crippen molar-refractivity contribution in [3.63, 3.8) is 0 Å².